The van der Waals surface area contributed by atoms with Gasteiger partial charge in [0.25, 0.3) is 0 Å². The van der Waals surface area contributed by atoms with Crippen molar-refractivity contribution < 1.29 is 4.79 Å². The molecule has 0 aliphatic rings. The summed E-state index contributed by atoms with van der Waals surface area (Å²) in [5, 5.41) is 6.84. The van der Waals surface area contributed by atoms with Gasteiger partial charge in [-0.15, -0.1) is 0 Å². The summed E-state index contributed by atoms with van der Waals surface area (Å²) in [5.74, 6) is 0.412. The topological polar surface area (TPSA) is 72.9 Å². The van der Waals surface area contributed by atoms with Crippen LogP contribution in [0.3, 0.4) is 0 Å². The fourth-order valence-corrected chi connectivity index (χ4v) is 1.22. The summed E-state index contributed by atoms with van der Waals surface area (Å²) in [6, 6.07) is 1.37. The standard InChI is InChI=1S/C10H18N4O/c1-3-4-6-12-10(15)8(2)14-7-5-9(11)13-14/h5,7-8H,3-4,6H2,1-2H3,(H2,11,13)(H,12,15). The molecule has 0 fully saturated rings. The third-order valence-corrected chi connectivity index (χ3v) is 2.23. The number of hydrogen-bond donors (Lipinski definition) is 2. The maximum absolute atomic E-state index is 11.6. The van der Waals surface area contributed by atoms with Crippen molar-refractivity contribution in [3.8, 4) is 0 Å². The van der Waals surface area contributed by atoms with Crippen molar-refractivity contribution in [1.82, 2.24) is 15.1 Å². The Balaban J connectivity index is 2.46. The van der Waals surface area contributed by atoms with Gasteiger partial charge in [0, 0.05) is 12.7 Å². The zero-order valence-corrected chi connectivity index (χ0v) is 9.23. The van der Waals surface area contributed by atoms with Gasteiger partial charge in [0.1, 0.15) is 11.9 Å². The van der Waals surface area contributed by atoms with Gasteiger partial charge < -0.3 is 11.1 Å². The van der Waals surface area contributed by atoms with E-state index in [4.69, 9.17) is 5.73 Å². The Hall–Kier alpha value is -1.52. The molecule has 3 N–H and O–H groups in total. The van der Waals surface area contributed by atoms with Gasteiger partial charge in [-0.2, -0.15) is 5.10 Å². The van der Waals surface area contributed by atoms with E-state index >= 15 is 0 Å². The van der Waals surface area contributed by atoms with E-state index in [2.05, 4.69) is 17.3 Å². The van der Waals surface area contributed by atoms with Crippen molar-refractivity contribution >= 4 is 11.7 Å². The number of hydrogen-bond acceptors (Lipinski definition) is 3. The second-order valence-electron chi connectivity index (χ2n) is 3.54. The molecule has 1 aromatic heterocycles. The second-order valence-corrected chi connectivity index (χ2v) is 3.54. The van der Waals surface area contributed by atoms with E-state index < -0.39 is 0 Å². The number of nitrogens with one attached hydrogen (secondary N) is 1. The van der Waals surface area contributed by atoms with Gasteiger partial charge in [-0.05, 0) is 19.4 Å². The number of aromatic nitrogens is 2. The Morgan fingerprint density at radius 1 is 1.73 bits per heavy atom. The van der Waals surface area contributed by atoms with Gasteiger partial charge >= 0.3 is 0 Å². The Morgan fingerprint density at radius 3 is 3.00 bits per heavy atom. The number of carbonyl (C=O) groups is 1. The summed E-state index contributed by atoms with van der Waals surface area (Å²) in [7, 11) is 0. The molecule has 1 atom stereocenters. The van der Waals surface area contributed by atoms with E-state index in [1.54, 1.807) is 23.9 Å². The van der Waals surface area contributed by atoms with Crippen LogP contribution in [0.15, 0.2) is 12.3 Å². The fourth-order valence-electron chi connectivity index (χ4n) is 1.22. The highest BCUT2D eigenvalue weighted by atomic mass is 16.2. The quantitative estimate of drug-likeness (QED) is 0.710. The van der Waals surface area contributed by atoms with Gasteiger partial charge in [0.15, 0.2) is 0 Å². The van der Waals surface area contributed by atoms with Crippen molar-refractivity contribution in [3.63, 3.8) is 0 Å². The summed E-state index contributed by atoms with van der Waals surface area (Å²) in [6.07, 6.45) is 3.78. The van der Waals surface area contributed by atoms with Crippen molar-refractivity contribution in [2.45, 2.75) is 32.7 Å². The highest BCUT2D eigenvalue weighted by molar-refractivity contribution is 5.79. The second kappa shape index (κ2) is 5.38. The summed E-state index contributed by atoms with van der Waals surface area (Å²) in [4.78, 5) is 11.6. The molecule has 0 saturated carbocycles. The number of nitrogen functional groups attached to an aromatic ring is 1. The van der Waals surface area contributed by atoms with E-state index in [1.165, 1.54) is 0 Å². The summed E-state index contributed by atoms with van der Waals surface area (Å²) in [6.45, 7) is 4.61. The molecule has 15 heavy (non-hydrogen) atoms. The maximum atomic E-state index is 11.6. The number of anilines is 1. The summed E-state index contributed by atoms with van der Waals surface area (Å²) < 4.78 is 1.57. The number of carbonyl (C=O) groups excluding carboxylic acids is 1. The summed E-state index contributed by atoms with van der Waals surface area (Å²) >= 11 is 0. The molecule has 5 nitrogen and oxygen atoms in total. The molecule has 1 amide bonds. The Labute approximate surface area is 89.6 Å². The SMILES string of the molecule is CCCCNC(=O)C(C)n1ccc(N)n1. The third-order valence-electron chi connectivity index (χ3n) is 2.23. The zero-order valence-electron chi connectivity index (χ0n) is 9.23. The molecular weight excluding hydrogens is 192 g/mol. The number of rotatable bonds is 5. The predicted octanol–water partition coefficient (Wildman–Crippen LogP) is 0.943. The molecule has 0 aromatic carbocycles. The fraction of sp³-hybridized carbons (Fsp3) is 0.600. The van der Waals surface area contributed by atoms with Crippen LogP contribution in [0.1, 0.15) is 32.7 Å². The minimum atomic E-state index is -0.306. The van der Waals surface area contributed by atoms with Crippen LogP contribution in [-0.4, -0.2) is 22.2 Å². The van der Waals surface area contributed by atoms with E-state index in [0.717, 1.165) is 19.4 Å². The van der Waals surface area contributed by atoms with E-state index in [1.807, 2.05) is 0 Å². The Morgan fingerprint density at radius 2 is 2.47 bits per heavy atom. The third kappa shape index (κ3) is 3.27. The van der Waals surface area contributed by atoms with E-state index in [-0.39, 0.29) is 11.9 Å². The average molecular weight is 210 g/mol. The Kier molecular flexibility index (Phi) is 4.15. The first-order chi connectivity index (χ1) is 7.15. The number of nitrogens with two attached hydrogens (primary N) is 1. The van der Waals surface area contributed by atoms with Crippen LogP contribution in [0.25, 0.3) is 0 Å². The molecule has 84 valence electrons. The molecule has 1 aromatic rings. The molecule has 0 radical (unpaired) electrons. The van der Waals surface area contributed by atoms with Crippen LogP contribution >= 0.6 is 0 Å². The van der Waals surface area contributed by atoms with Gasteiger partial charge in [-0.25, -0.2) is 0 Å². The van der Waals surface area contributed by atoms with Crippen LogP contribution in [-0.2, 0) is 4.79 Å². The van der Waals surface area contributed by atoms with Crippen molar-refractivity contribution in [3.05, 3.63) is 12.3 Å². The van der Waals surface area contributed by atoms with Gasteiger partial charge in [-0.3, -0.25) is 9.48 Å². The molecule has 0 saturated heterocycles. The number of nitrogens with zero attached hydrogens (tertiary/aromatic N) is 2. The molecular formula is C10H18N4O. The predicted molar refractivity (Wildman–Crippen MR) is 59.3 cm³/mol. The van der Waals surface area contributed by atoms with Crippen molar-refractivity contribution in [1.29, 1.82) is 0 Å². The smallest absolute Gasteiger partial charge is 0.244 e. The highest BCUT2D eigenvalue weighted by Crippen LogP contribution is 2.06. The Bertz CT molecular complexity index is 321. The highest BCUT2D eigenvalue weighted by Gasteiger charge is 2.14. The van der Waals surface area contributed by atoms with Gasteiger partial charge in [0.05, 0.1) is 0 Å². The van der Waals surface area contributed by atoms with Gasteiger partial charge in [0.2, 0.25) is 5.91 Å². The van der Waals surface area contributed by atoms with Crippen molar-refractivity contribution in [2.24, 2.45) is 0 Å². The van der Waals surface area contributed by atoms with Crippen LogP contribution in [0.2, 0.25) is 0 Å². The first kappa shape index (κ1) is 11.6. The first-order valence-electron chi connectivity index (χ1n) is 5.23. The first-order valence-corrected chi connectivity index (χ1v) is 5.23. The van der Waals surface area contributed by atoms with Crippen LogP contribution in [0, 0.1) is 0 Å². The zero-order chi connectivity index (χ0) is 11.3. The van der Waals surface area contributed by atoms with Crippen LogP contribution in [0.4, 0.5) is 5.82 Å². The lowest BCUT2D eigenvalue weighted by Crippen LogP contribution is -2.31. The number of unbranched alkanes of at least 4 members (excludes halogenated alkanes) is 1. The normalized spacial score (nSPS) is 12.4. The maximum Gasteiger partial charge on any atom is 0.244 e. The number of amides is 1. The van der Waals surface area contributed by atoms with Crippen molar-refractivity contribution in [2.75, 3.05) is 12.3 Å². The lowest BCUT2D eigenvalue weighted by atomic mass is 10.3. The lowest BCUT2D eigenvalue weighted by molar-refractivity contribution is -0.124. The minimum absolute atomic E-state index is 0.0217. The van der Waals surface area contributed by atoms with E-state index in [0.29, 0.717) is 5.82 Å². The average Bonchev–Trinajstić information content (AvgIpc) is 2.64. The molecule has 1 heterocycles. The molecule has 0 spiro atoms. The molecule has 0 aliphatic heterocycles. The monoisotopic (exact) mass is 210 g/mol. The molecule has 0 bridgehead atoms. The minimum Gasteiger partial charge on any atom is -0.382 e. The van der Waals surface area contributed by atoms with Gasteiger partial charge in [-0.1, -0.05) is 13.3 Å². The summed E-state index contributed by atoms with van der Waals surface area (Å²) in [5.41, 5.74) is 5.47. The largest absolute Gasteiger partial charge is 0.382 e. The molecule has 1 rings (SSSR count). The lowest BCUT2D eigenvalue weighted by Gasteiger charge is -2.12. The molecule has 0 aliphatic carbocycles. The van der Waals surface area contributed by atoms with E-state index in [9.17, 15) is 4.79 Å². The molecule has 1 unspecified atom stereocenters. The van der Waals surface area contributed by atoms with Crippen LogP contribution in [0.5, 0.6) is 0 Å². The molecule has 5 heteroatoms. The van der Waals surface area contributed by atoms with Crippen LogP contribution < -0.4 is 11.1 Å².